The van der Waals surface area contributed by atoms with Crippen molar-refractivity contribution in [1.82, 2.24) is 15.5 Å². The molecule has 2 amide bonds. The first-order valence-corrected chi connectivity index (χ1v) is 6.07. The fourth-order valence-electron chi connectivity index (χ4n) is 2.68. The topological polar surface area (TPSA) is 53.6 Å². The highest BCUT2D eigenvalue weighted by molar-refractivity contribution is 5.75. The zero-order valence-corrected chi connectivity index (χ0v) is 9.87. The van der Waals surface area contributed by atoms with Crippen LogP contribution in [0.3, 0.4) is 0 Å². The molecule has 5 nitrogen and oxygen atoms in total. The number of carbonyl (C=O) groups is 1. The number of urea groups is 1. The average Bonchev–Trinajstić information content (AvgIpc) is 2.73. The van der Waals surface area contributed by atoms with Crippen molar-refractivity contribution in [3.8, 4) is 0 Å². The van der Waals surface area contributed by atoms with Crippen molar-refractivity contribution >= 4 is 6.03 Å². The van der Waals surface area contributed by atoms with Gasteiger partial charge in [-0.3, -0.25) is 0 Å². The molecule has 2 aliphatic rings. The van der Waals surface area contributed by atoms with Crippen LogP contribution < -0.4 is 10.6 Å². The lowest BCUT2D eigenvalue weighted by Gasteiger charge is -2.32. The monoisotopic (exact) mass is 227 g/mol. The summed E-state index contributed by atoms with van der Waals surface area (Å²) in [6.07, 6.45) is 2.36. The van der Waals surface area contributed by atoms with Gasteiger partial charge in [-0.2, -0.15) is 0 Å². The summed E-state index contributed by atoms with van der Waals surface area (Å²) in [4.78, 5) is 13.9. The van der Waals surface area contributed by atoms with E-state index in [-0.39, 0.29) is 6.03 Å². The molecule has 0 spiro atoms. The number of nitrogens with one attached hydrogen (secondary N) is 2. The van der Waals surface area contributed by atoms with Gasteiger partial charge in [0.25, 0.3) is 0 Å². The van der Waals surface area contributed by atoms with Gasteiger partial charge >= 0.3 is 6.03 Å². The van der Waals surface area contributed by atoms with Gasteiger partial charge < -0.3 is 20.3 Å². The number of hydrogen-bond donors (Lipinski definition) is 2. The van der Waals surface area contributed by atoms with Crippen LogP contribution in [0.4, 0.5) is 4.79 Å². The summed E-state index contributed by atoms with van der Waals surface area (Å²) in [7, 11) is 1.64. The second-order valence-electron chi connectivity index (χ2n) is 4.53. The molecule has 2 atom stereocenters. The van der Waals surface area contributed by atoms with Gasteiger partial charge in [-0.05, 0) is 25.3 Å². The summed E-state index contributed by atoms with van der Waals surface area (Å²) in [5.41, 5.74) is 0. The van der Waals surface area contributed by atoms with Crippen LogP contribution in [0, 0.1) is 5.92 Å². The van der Waals surface area contributed by atoms with Crippen molar-refractivity contribution in [2.75, 3.05) is 39.9 Å². The van der Waals surface area contributed by atoms with Crippen molar-refractivity contribution < 1.29 is 9.53 Å². The van der Waals surface area contributed by atoms with E-state index in [0.29, 0.717) is 25.1 Å². The third-order valence-electron chi connectivity index (χ3n) is 3.57. The zero-order valence-electron chi connectivity index (χ0n) is 9.87. The molecule has 0 aromatic rings. The maximum absolute atomic E-state index is 11.9. The van der Waals surface area contributed by atoms with E-state index >= 15 is 0 Å². The summed E-state index contributed by atoms with van der Waals surface area (Å²) in [6.45, 7) is 4.11. The minimum atomic E-state index is 0.0632. The molecule has 0 aromatic carbocycles. The lowest BCUT2D eigenvalue weighted by atomic mass is 9.93. The molecule has 2 N–H and O–H groups in total. The Morgan fingerprint density at radius 1 is 1.56 bits per heavy atom. The molecule has 2 saturated heterocycles. The maximum Gasteiger partial charge on any atom is 0.317 e. The molecular weight excluding hydrogens is 206 g/mol. The van der Waals surface area contributed by atoms with Crippen LogP contribution in [0.25, 0.3) is 0 Å². The largest absolute Gasteiger partial charge is 0.383 e. The quantitative estimate of drug-likeness (QED) is 0.669. The van der Waals surface area contributed by atoms with Crippen molar-refractivity contribution in [1.29, 1.82) is 0 Å². The molecule has 0 aromatic heterocycles. The highest BCUT2D eigenvalue weighted by Gasteiger charge is 2.37. The van der Waals surface area contributed by atoms with Gasteiger partial charge in [0.2, 0.25) is 0 Å². The number of fused-ring (bicyclic) bond motifs is 1. The Labute approximate surface area is 96.5 Å². The fourth-order valence-corrected chi connectivity index (χ4v) is 2.68. The van der Waals surface area contributed by atoms with Crippen LogP contribution in [-0.4, -0.2) is 56.9 Å². The average molecular weight is 227 g/mol. The number of ether oxygens (including phenoxy) is 1. The van der Waals surface area contributed by atoms with Crippen LogP contribution in [0.2, 0.25) is 0 Å². The van der Waals surface area contributed by atoms with Crippen molar-refractivity contribution in [3.63, 3.8) is 0 Å². The van der Waals surface area contributed by atoms with E-state index in [4.69, 9.17) is 4.74 Å². The predicted molar refractivity (Wildman–Crippen MR) is 61.4 cm³/mol. The van der Waals surface area contributed by atoms with Gasteiger partial charge in [0.05, 0.1) is 6.61 Å². The molecule has 2 heterocycles. The molecule has 92 valence electrons. The molecule has 0 unspecified atom stereocenters. The number of carbonyl (C=O) groups excluding carboxylic acids is 1. The van der Waals surface area contributed by atoms with Crippen LogP contribution in [0.1, 0.15) is 12.8 Å². The number of nitrogens with zero attached hydrogens (tertiary/aromatic N) is 1. The smallest absolute Gasteiger partial charge is 0.317 e. The molecule has 2 rings (SSSR count). The number of amides is 2. The Morgan fingerprint density at radius 3 is 3.25 bits per heavy atom. The summed E-state index contributed by atoms with van der Waals surface area (Å²) < 4.78 is 4.92. The summed E-state index contributed by atoms with van der Waals surface area (Å²) in [6, 6.07) is 0.463. The summed E-state index contributed by atoms with van der Waals surface area (Å²) >= 11 is 0. The number of likely N-dealkylation sites (tertiary alicyclic amines) is 1. The molecule has 0 saturated carbocycles. The van der Waals surface area contributed by atoms with E-state index in [1.807, 2.05) is 4.90 Å². The van der Waals surface area contributed by atoms with Gasteiger partial charge in [-0.1, -0.05) is 0 Å². The number of rotatable bonds is 3. The van der Waals surface area contributed by atoms with E-state index in [9.17, 15) is 4.79 Å². The standard InChI is InChI=1S/C11H21N3O2/c1-16-7-5-13-11(15)14-6-3-9-2-4-12-8-10(9)14/h9-10,12H,2-8H2,1H3,(H,13,15)/t9-,10-/m0/s1. The molecule has 0 bridgehead atoms. The number of methoxy groups -OCH3 is 1. The Kier molecular flexibility index (Phi) is 4.01. The third kappa shape index (κ3) is 2.47. The predicted octanol–water partition coefficient (Wildman–Crippen LogP) is 0.0262. The van der Waals surface area contributed by atoms with Gasteiger partial charge in [0.1, 0.15) is 0 Å². The lowest BCUT2D eigenvalue weighted by Crippen LogP contribution is -2.51. The Bertz CT molecular complexity index is 247. The highest BCUT2D eigenvalue weighted by atomic mass is 16.5. The fraction of sp³-hybridized carbons (Fsp3) is 0.909. The lowest BCUT2D eigenvalue weighted by molar-refractivity contribution is 0.165. The van der Waals surface area contributed by atoms with Gasteiger partial charge in [0.15, 0.2) is 0 Å². The summed E-state index contributed by atoms with van der Waals surface area (Å²) in [5, 5.41) is 6.25. The van der Waals surface area contributed by atoms with E-state index in [1.165, 1.54) is 6.42 Å². The Hall–Kier alpha value is -0.810. The third-order valence-corrected chi connectivity index (χ3v) is 3.57. The maximum atomic E-state index is 11.9. The minimum Gasteiger partial charge on any atom is -0.383 e. The molecule has 2 fully saturated rings. The molecule has 5 heteroatoms. The number of hydrogen-bond acceptors (Lipinski definition) is 3. The van der Waals surface area contributed by atoms with Crippen LogP contribution >= 0.6 is 0 Å². The Morgan fingerprint density at radius 2 is 2.44 bits per heavy atom. The van der Waals surface area contributed by atoms with E-state index in [2.05, 4.69) is 10.6 Å². The van der Waals surface area contributed by atoms with Crippen molar-refractivity contribution in [3.05, 3.63) is 0 Å². The summed E-state index contributed by atoms with van der Waals surface area (Å²) in [5.74, 6) is 0.703. The van der Waals surface area contributed by atoms with Crippen LogP contribution in [0.5, 0.6) is 0 Å². The molecule has 16 heavy (non-hydrogen) atoms. The van der Waals surface area contributed by atoms with Gasteiger partial charge in [-0.25, -0.2) is 4.79 Å². The van der Waals surface area contributed by atoms with Crippen molar-refractivity contribution in [2.24, 2.45) is 5.92 Å². The second-order valence-corrected chi connectivity index (χ2v) is 4.53. The Balaban J connectivity index is 1.82. The molecular formula is C11H21N3O2. The molecule has 0 radical (unpaired) electrons. The SMILES string of the molecule is COCCNC(=O)N1CC[C@@H]2CCNC[C@@H]21. The van der Waals surface area contributed by atoms with Crippen molar-refractivity contribution in [2.45, 2.75) is 18.9 Å². The highest BCUT2D eigenvalue weighted by Crippen LogP contribution is 2.28. The van der Waals surface area contributed by atoms with E-state index in [0.717, 1.165) is 26.1 Å². The van der Waals surface area contributed by atoms with Gasteiger partial charge in [0, 0.05) is 32.8 Å². The van der Waals surface area contributed by atoms with E-state index in [1.54, 1.807) is 7.11 Å². The molecule has 0 aliphatic carbocycles. The van der Waals surface area contributed by atoms with Crippen LogP contribution in [-0.2, 0) is 4.74 Å². The zero-order chi connectivity index (χ0) is 11.4. The van der Waals surface area contributed by atoms with Crippen LogP contribution in [0.15, 0.2) is 0 Å². The van der Waals surface area contributed by atoms with Gasteiger partial charge in [-0.15, -0.1) is 0 Å². The van der Waals surface area contributed by atoms with E-state index < -0.39 is 0 Å². The first-order valence-electron chi connectivity index (χ1n) is 6.07. The normalized spacial score (nSPS) is 28.9. The first kappa shape index (κ1) is 11.7. The first-order chi connectivity index (χ1) is 7.83. The number of piperidine rings is 1. The second kappa shape index (κ2) is 5.50. The minimum absolute atomic E-state index is 0.0632. The molecule has 2 aliphatic heterocycles.